The maximum absolute atomic E-state index is 12.3. The Balaban J connectivity index is 2.55. The fraction of sp³-hybridized carbons (Fsp3) is 0.471. The Morgan fingerprint density at radius 1 is 1.24 bits per heavy atom. The molecule has 112 valence electrons. The number of hydrogen-bond donors (Lipinski definition) is 0. The molecule has 0 bridgehead atoms. The van der Waals surface area contributed by atoms with Gasteiger partial charge in [-0.05, 0) is 11.6 Å². The zero-order chi connectivity index (χ0) is 15.6. The summed E-state index contributed by atoms with van der Waals surface area (Å²) in [6.45, 7) is 3.54. The molecule has 1 saturated carbocycles. The molecule has 21 heavy (non-hydrogen) atoms. The summed E-state index contributed by atoms with van der Waals surface area (Å²) < 4.78 is 5.35. The summed E-state index contributed by atoms with van der Waals surface area (Å²) in [5.41, 5.74) is 0.765. The van der Waals surface area contributed by atoms with Gasteiger partial charge in [0, 0.05) is 18.3 Å². The van der Waals surface area contributed by atoms with E-state index in [0.29, 0.717) is 12.2 Å². The van der Waals surface area contributed by atoms with Gasteiger partial charge in [-0.3, -0.25) is 14.4 Å². The lowest BCUT2D eigenvalue weighted by molar-refractivity contribution is -0.141. The zero-order valence-corrected chi connectivity index (χ0v) is 12.6. The first-order valence-corrected chi connectivity index (χ1v) is 7.22. The molecular formula is C17H20O4. The SMILES string of the molecule is CCC(=O)C1C(=O)CC(=O)C(C)C1c1ccccc1OC. The lowest BCUT2D eigenvalue weighted by Gasteiger charge is -2.34. The van der Waals surface area contributed by atoms with Crippen LogP contribution in [0.2, 0.25) is 0 Å². The third-order valence-electron chi connectivity index (χ3n) is 4.29. The van der Waals surface area contributed by atoms with E-state index < -0.39 is 11.8 Å². The van der Waals surface area contributed by atoms with Crippen LogP contribution in [0.15, 0.2) is 24.3 Å². The summed E-state index contributed by atoms with van der Waals surface area (Å²) in [5, 5.41) is 0. The van der Waals surface area contributed by atoms with Gasteiger partial charge in [0.15, 0.2) is 5.78 Å². The van der Waals surface area contributed by atoms with Crippen LogP contribution in [-0.2, 0) is 14.4 Å². The topological polar surface area (TPSA) is 60.4 Å². The summed E-state index contributed by atoms with van der Waals surface area (Å²) in [6, 6.07) is 7.29. The quantitative estimate of drug-likeness (QED) is 0.799. The molecule has 4 heteroatoms. The van der Waals surface area contributed by atoms with Crippen LogP contribution in [0.3, 0.4) is 0 Å². The van der Waals surface area contributed by atoms with Crippen molar-refractivity contribution in [1.82, 2.24) is 0 Å². The molecule has 3 unspecified atom stereocenters. The van der Waals surface area contributed by atoms with Gasteiger partial charge in [0.25, 0.3) is 0 Å². The van der Waals surface area contributed by atoms with Crippen molar-refractivity contribution in [1.29, 1.82) is 0 Å². The average molecular weight is 288 g/mol. The summed E-state index contributed by atoms with van der Waals surface area (Å²) >= 11 is 0. The largest absolute Gasteiger partial charge is 0.496 e. The van der Waals surface area contributed by atoms with E-state index in [4.69, 9.17) is 4.74 Å². The Morgan fingerprint density at radius 2 is 1.90 bits per heavy atom. The molecule has 0 heterocycles. The molecule has 0 aliphatic heterocycles. The molecule has 0 radical (unpaired) electrons. The van der Waals surface area contributed by atoms with Gasteiger partial charge in [-0.15, -0.1) is 0 Å². The van der Waals surface area contributed by atoms with Crippen LogP contribution in [0.25, 0.3) is 0 Å². The van der Waals surface area contributed by atoms with E-state index in [1.165, 1.54) is 0 Å². The average Bonchev–Trinajstić information content (AvgIpc) is 2.49. The van der Waals surface area contributed by atoms with Crippen LogP contribution in [-0.4, -0.2) is 24.5 Å². The fourth-order valence-corrected chi connectivity index (χ4v) is 3.12. The predicted molar refractivity (Wildman–Crippen MR) is 78.3 cm³/mol. The van der Waals surface area contributed by atoms with Crippen molar-refractivity contribution in [2.24, 2.45) is 11.8 Å². The number of ether oxygens (including phenoxy) is 1. The highest BCUT2D eigenvalue weighted by Crippen LogP contribution is 2.42. The zero-order valence-electron chi connectivity index (χ0n) is 12.6. The molecule has 0 aromatic heterocycles. The number of carbonyl (C=O) groups is 3. The van der Waals surface area contributed by atoms with Gasteiger partial charge in [0.1, 0.15) is 17.3 Å². The van der Waals surface area contributed by atoms with Crippen molar-refractivity contribution in [3.05, 3.63) is 29.8 Å². The first-order chi connectivity index (χ1) is 10.0. The van der Waals surface area contributed by atoms with E-state index >= 15 is 0 Å². The van der Waals surface area contributed by atoms with Crippen molar-refractivity contribution in [3.63, 3.8) is 0 Å². The van der Waals surface area contributed by atoms with Gasteiger partial charge < -0.3 is 4.74 Å². The Morgan fingerprint density at radius 3 is 2.52 bits per heavy atom. The van der Waals surface area contributed by atoms with Gasteiger partial charge in [0.2, 0.25) is 0 Å². The second-order valence-electron chi connectivity index (χ2n) is 5.46. The smallest absolute Gasteiger partial charge is 0.151 e. The number of hydrogen-bond acceptors (Lipinski definition) is 4. The van der Waals surface area contributed by atoms with Crippen LogP contribution in [0.4, 0.5) is 0 Å². The van der Waals surface area contributed by atoms with Crippen LogP contribution in [0.1, 0.15) is 38.2 Å². The maximum Gasteiger partial charge on any atom is 0.151 e. The standard InChI is InChI=1S/C17H20O4/c1-4-12(18)17-14(20)9-13(19)10(2)16(17)11-7-5-6-8-15(11)21-3/h5-8,10,16-17H,4,9H2,1-3H3. The molecular weight excluding hydrogens is 268 g/mol. The molecule has 1 aromatic carbocycles. The molecule has 1 aromatic rings. The molecule has 0 amide bonds. The van der Waals surface area contributed by atoms with Gasteiger partial charge in [0.05, 0.1) is 19.4 Å². The normalized spacial score (nSPS) is 25.8. The van der Waals surface area contributed by atoms with E-state index in [0.717, 1.165) is 5.56 Å². The molecule has 0 N–H and O–H groups in total. The van der Waals surface area contributed by atoms with Crippen molar-refractivity contribution in [3.8, 4) is 5.75 Å². The minimum absolute atomic E-state index is 0.101. The Labute approximate surface area is 124 Å². The van der Waals surface area contributed by atoms with Crippen molar-refractivity contribution < 1.29 is 19.1 Å². The number of ketones is 3. The number of carbonyl (C=O) groups excluding carboxylic acids is 3. The third-order valence-corrected chi connectivity index (χ3v) is 4.29. The lowest BCUT2D eigenvalue weighted by atomic mass is 9.66. The van der Waals surface area contributed by atoms with Crippen LogP contribution < -0.4 is 4.74 Å². The minimum atomic E-state index is -0.737. The van der Waals surface area contributed by atoms with E-state index in [-0.39, 0.29) is 29.7 Å². The van der Waals surface area contributed by atoms with E-state index in [9.17, 15) is 14.4 Å². The number of methoxy groups -OCH3 is 1. The van der Waals surface area contributed by atoms with Crippen LogP contribution in [0.5, 0.6) is 5.75 Å². The van der Waals surface area contributed by atoms with Crippen molar-refractivity contribution >= 4 is 17.3 Å². The van der Waals surface area contributed by atoms with E-state index in [1.807, 2.05) is 18.2 Å². The van der Waals surface area contributed by atoms with Crippen molar-refractivity contribution in [2.45, 2.75) is 32.6 Å². The summed E-state index contributed by atoms with van der Waals surface area (Å²) in [7, 11) is 1.55. The van der Waals surface area contributed by atoms with Crippen molar-refractivity contribution in [2.75, 3.05) is 7.11 Å². The van der Waals surface area contributed by atoms with Crippen LogP contribution >= 0.6 is 0 Å². The second kappa shape index (κ2) is 6.20. The molecule has 1 aliphatic rings. The molecule has 1 aliphatic carbocycles. The number of Topliss-reactive ketones (excluding diaryl/α,β-unsaturated/α-hetero) is 3. The molecule has 0 saturated heterocycles. The summed E-state index contributed by atoms with van der Waals surface area (Å²) in [6.07, 6.45) is 0.159. The van der Waals surface area contributed by atoms with Gasteiger partial charge in [-0.2, -0.15) is 0 Å². The highest BCUT2D eigenvalue weighted by molar-refractivity contribution is 6.13. The predicted octanol–water partition coefficient (Wildman–Crippen LogP) is 2.55. The molecule has 4 nitrogen and oxygen atoms in total. The fourth-order valence-electron chi connectivity index (χ4n) is 3.12. The van der Waals surface area contributed by atoms with E-state index in [1.54, 1.807) is 27.0 Å². The maximum atomic E-state index is 12.3. The summed E-state index contributed by atoms with van der Waals surface area (Å²) in [4.78, 5) is 36.6. The lowest BCUT2D eigenvalue weighted by Crippen LogP contribution is -2.42. The van der Waals surface area contributed by atoms with Gasteiger partial charge in [-0.1, -0.05) is 32.0 Å². The minimum Gasteiger partial charge on any atom is -0.496 e. The number of benzene rings is 1. The first-order valence-electron chi connectivity index (χ1n) is 7.22. The monoisotopic (exact) mass is 288 g/mol. The molecule has 2 rings (SSSR count). The summed E-state index contributed by atoms with van der Waals surface area (Å²) in [5.74, 6) is -1.38. The Hall–Kier alpha value is -1.97. The molecule has 3 atom stereocenters. The number of rotatable bonds is 4. The molecule has 1 fully saturated rings. The highest BCUT2D eigenvalue weighted by Gasteiger charge is 2.45. The van der Waals surface area contributed by atoms with Gasteiger partial charge in [-0.25, -0.2) is 0 Å². The Kier molecular flexibility index (Phi) is 4.56. The van der Waals surface area contributed by atoms with Gasteiger partial charge >= 0.3 is 0 Å². The molecule has 0 spiro atoms. The Bertz CT molecular complexity index is 576. The number of para-hydroxylation sites is 1. The second-order valence-corrected chi connectivity index (χ2v) is 5.46. The van der Waals surface area contributed by atoms with E-state index in [2.05, 4.69) is 0 Å². The highest BCUT2D eigenvalue weighted by atomic mass is 16.5. The first kappa shape index (κ1) is 15.4. The third kappa shape index (κ3) is 2.75. The van der Waals surface area contributed by atoms with Crippen LogP contribution in [0, 0.1) is 11.8 Å².